The Morgan fingerprint density at radius 1 is 1.22 bits per heavy atom. The highest BCUT2D eigenvalue weighted by Crippen LogP contribution is 2.31. The summed E-state index contributed by atoms with van der Waals surface area (Å²) >= 11 is 0. The number of H-pyrrole nitrogens is 1. The van der Waals surface area contributed by atoms with Crippen molar-refractivity contribution < 1.29 is 5.11 Å². The Labute approximate surface area is 106 Å². The number of phenolic OH excluding ortho intramolecular Hbond substituents is 1. The van der Waals surface area contributed by atoms with Crippen molar-refractivity contribution in [3.8, 4) is 16.9 Å². The van der Waals surface area contributed by atoms with Crippen molar-refractivity contribution in [1.29, 1.82) is 0 Å². The largest absolute Gasteiger partial charge is 0.508 e. The van der Waals surface area contributed by atoms with E-state index in [-0.39, 0.29) is 5.56 Å². The number of rotatable bonds is 3. The normalized spacial score (nSPS) is 12.3. The molecule has 0 amide bonds. The predicted molar refractivity (Wildman–Crippen MR) is 72.9 cm³/mol. The lowest BCUT2D eigenvalue weighted by Crippen LogP contribution is -2.02. The molecule has 2 rings (SSSR count). The molecule has 3 nitrogen and oxygen atoms in total. The molecule has 0 spiro atoms. The summed E-state index contributed by atoms with van der Waals surface area (Å²) in [6, 6.07) is 8.93. The van der Waals surface area contributed by atoms with E-state index in [1.165, 1.54) is 6.07 Å². The first kappa shape index (κ1) is 12.4. The van der Waals surface area contributed by atoms with Crippen LogP contribution >= 0.6 is 0 Å². The summed E-state index contributed by atoms with van der Waals surface area (Å²) in [6.07, 6.45) is 2.59. The first-order valence-corrected chi connectivity index (χ1v) is 6.14. The van der Waals surface area contributed by atoms with Crippen LogP contribution in [0, 0.1) is 0 Å². The number of nitrogens with one attached hydrogen (secondary N) is 1. The predicted octanol–water partition coefficient (Wildman–Crippen LogP) is 3.26. The van der Waals surface area contributed by atoms with Gasteiger partial charge in [-0.2, -0.15) is 0 Å². The quantitative estimate of drug-likeness (QED) is 0.869. The van der Waals surface area contributed by atoms with E-state index in [4.69, 9.17) is 0 Å². The van der Waals surface area contributed by atoms with Crippen LogP contribution in [-0.2, 0) is 0 Å². The van der Waals surface area contributed by atoms with Crippen LogP contribution in [0.1, 0.15) is 31.7 Å². The third-order valence-electron chi connectivity index (χ3n) is 3.28. The van der Waals surface area contributed by atoms with Crippen LogP contribution in [-0.4, -0.2) is 10.1 Å². The van der Waals surface area contributed by atoms with Crippen LogP contribution in [0.2, 0.25) is 0 Å². The Morgan fingerprint density at radius 3 is 2.56 bits per heavy atom. The summed E-state index contributed by atoms with van der Waals surface area (Å²) in [7, 11) is 0. The monoisotopic (exact) mass is 243 g/mol. The van der Waals surface area contributed by atoms with Gasteiger partial charge in [-0.05, 0) is 41.2 Å². The van der Waals surface area contributed by atoms with E-state index < -0.39 is 0 Å². The molecule has 2 aromatic rings. The van der Waals surface area contributed by atoms with Crippen LogP contribution < -0.4 is 5.56 Å². The highest BCUT2D eigenvalue weighted by Gasteiger charge is 2.09. The first-order chi connectivity index (χ1) is 8.61. The topological polar surface area (TPSA) is 53.1 Å². The molecule has 3 heteroatoms. The van der Waals surface area contributed by atoms with E-state index in [1.807, 2.05) is 18.2 Å². The third kappa shape index (κ3) is 2.45. The lowest BCUT2D eigenvalue weighted by molar-refractivity contribution is 0.462. The van der Waals surface area contributed by atoms with Gasteiger partial charge in [0.05, 0.1) is 0 Å². The van der Waals surface area contributed by atoms with Crippen LogP contribution in [0.25, 0.3) is 11.1 Å². The van der Waals surface area contributed by atoms with Gasteiger partial charge in [0.25, 0.3) is 0 Å². The molecule has 0 fully saturated rings. The molecular weight excluding hydrogens is 226 g/mol. The molecule has 2 N–H and O–H groups in total. The summed E-state index contributed by atoms with van der Waals surface area (Å²) in [5.74, 6) is 0.625. The third-order valence-corrected chi connectivity index (χ3v) is 3.28. The average molecular weight is 243 g/mol. The second-order valence-corrected chi connectivity index (χ2v) is 4.52. The maximum atomic E-state index is 11.3. The van der Waals surface area contributed by atoms with E-state index in [1.54, 1.807) is 12.3 Å². The lowest BCUT2D eigenvalue weighted by atomic mass is 9.95. The summed E-state index contributed by atoms with van der Waals surface area (Å²) in [6.45, 7) is 4.18. The van der Waals surface area contributed by atoms with E-state index in [0.717, 1.165) is 23.1 Å². The van der Waals surface area contributed by atoms with Gasteiger partial charge < -0.3 is 10.1 Å². The molecule has 1 atom stereocenters. The van der Waals surface area contributed by atoms with Crippen molar-refractivity contribution in [2.75, 3.05) is 0 Å². The van der Waals surface area contributed by atoms with Gasteiger partial charge in [0, 0.05) is 12.3 Å². The lowest BCUT2D eigenvalue weighted by Gasteiger charge is -2.12. The highest BCUT2D eigenvalue weighted by atomic mass is 16.3. The maximum absolute atomic E-state index is 11.3. The summed E-state index contributed by atoms with van der Waals surface area (Å²) in [5, 5.41) is 10.0. The average Bonchev–Trinajstić information content (AvgIpc) is 2.37. The Morgan fingerprint density at radius 2 is 1.94 bits per heavy atom. The molecule has 94 valence electrons. The SMILES string of the molecule is CCC(C)c1ccc(-c2cc[nH]c(=O)c2)cc1O. The summed E-state index contributed by atoms with van der Waals surface area (Å²) in [5.41, 5.74) is 2.47. The van der Waals surface area contributed by atoms with Crippen molar-refractivity contribution >= 4 is 0 Å². The first-order valence-electron chi connectivity index (χ1n) is 6.14. The Kier molecular flexibility index (Phi) is 3.51. The number of pyridine rings is 1. The second-order valence-electron chi connectivity index (χ2n) is 4.52. The molecular formula is C15H17NO2. The van der Waals surface area contributed by atoms with Gasteiger partial charge in [-0.25, -0.2) is 0 Å². The Balaban J connectivity index is 2.43. The number of hydrogen-bond donors (Lipinski definition) is 2. The minimum atomic E-state index is -0.141. The van der Waals surface area contributed by atoms with E-state index in [9.17, 15) is 9.90 Å². The number of phenols is 1. The zero-order chi connectivity index (χ0) is 13.1. The Hall–Kier alpha value is -2.03. The van der Waals surface area contributed by atoms with Gasteiger partial charge in [-0.1, -0.05) is 26.0 Å². The van der Waals surface area contributed by atoms with Crippen LogP contribution in [0.3, 0.4) is 0 Å². The molecule has 1 heterocycles. The molecule has 0 radical (unpaired) electrons. The number of aromatic nitrogens is 1. The molecule has 1 aromatic carbocycles. The summed E-state index contributed by atoms with van der Waals surface area (Å²) in [4.78, 5) is 13.8. The van der Waals surface area contributed by atoms with Crippen LogP contribution in [0.4, 0.5) is 0 Å². The van der Waals surface area contributed by atoms with E-state index >= 15 is 0 Å². The minimum Gasteiger partial charge on any atom is -0.508 e. The Bertz CT molecular complexity index is 601. The van der Waals surface area contributed by atoms with Crippen molar-refractivity contribution in [2.45, 2.75) is 26.2 Å². The van der Waals surface area contributed by atoms with Gasteiger partial charge in [-0.3, -0.25) is 4.79 Å². The smallest absolute Gasteiger partial charge is 0.248 e. The van der Waals surface area contributed by atoms with Crippen LogP contribution in [0.5, 0.6) is 5.75 Å². The number of benzene rings is 1. The zero-order valence-corrected chi connectivity index (χ0v) is 10.6. The van der Waals surface area contributed by atoms with Gasteiger partial charge in [-0.15, -0.1) is 0 Å². The van der Waals surface area contributed by atoms with Gasteiger partial charge in [0.1, 0.15) is 5.75 Å². The van der Waals surface area contributed by atoms with Crippen molar-refractivity contribution in [1.82, 2.24) is 4.98 Å². The molecule has 0 aliphatic rings. The fraction of sp³-hybridized carbons (Fsp3) is 0.267. The number of hydrogen-bond acceptors (Lipinski definition) is 2. The molecule has 1 aromatic heterocycles. The molecule has 0 aliphatic heterocycles. The maximum Gasteiger partial charge on any atom is 0.248 e. The standard InChI is InChI=1S/C15H17NO2/c1-3-10(2)13-5-4-11(8-14(13)17)12-6-7-16-15(18)9-12/h4-10,17H,3H2,1-2H3,(H,16,18). The van der Waals surface area contributed by atoms with Gasteiger partial charge in [0.15, 0.2) is 0 Å². The molecule has 1 unspecified atom stereocenters. The van der Waals surface area contributed by atoms with Crippen LogP contribution in [0.15, 0.2) is 41.3 Å². The molecule has 0 bridgehead atoms. The fourth-order valence-electron chi connectivity index (χ4n) is 1.98. The van der Waals surface area contributed by atoms with Crippen molar-refractivity contribution in [3.05, 3.63) is 52.4 Å². The highest BCUT2D eigenvalue weighted by molar-refractivity contribution is 5.65. The molecule has 0 saturated heterocycles. The number of aromatic hydroxyl groups is 1. The van der Waals surface area contributed by atoms with Gasteiger partial charge in [0.2, 0.25) is 5.56 Å². The van der Waals surface area contributed by atoms with Crippen molar-refractivity contribution in [3.63, 3.8) is 0 Å². The molecule has 0 aliphatic carbocycles. The molecule has 0 saturated carbocycles. The van der Waals surface area contributed by atoms with E-state index in [0.29, 0.717) is 11.7 Å². The molecule has 18 heavy (non-hydrogen) atoms. The summed E-state index contributed by atoms with van der Waals surface area (Å²) < 4.78 is 0. The fourth-order valence-corrected chi connectivity index (χ4v) is 1.98. The van der Waals surface area contributed by atoms with Crippen molar-refractivity contribution in [2.24, 2.45) is 0 Å². The number of aromatic amines is 1. The minimum absolute atomic E-state index is 0.141. The van der Waals surface area contributed by atoms with E-state index in [2.05, 4.69) is 18.8 Å². The van der Waals surface area contributed by atoms with Gasteiger partial charge >= 0.3 is 0 Å². The second kappa shape index (κ2) is 5.08. The zero-order valence-electron chi connectivity index (χ0n) is 10.6.